The quantitative estimate of drug-likeness (QED) is 0.827. The molecule has 1 aromatic rings. The maximum Gasteiger partial charge on any atom is 0.254 e. The Morgan fingerprint density at radius 1 is 1.32 bits per heavy atom. The predicted molar refractivity (Wildman–Crippen MR) is 97.3 cm³/mol. The molecule has 3 saturated carbocycles. The minimum absolute atomic E-state index is 0.0969. The van der Waals surface area contributed by atoms with Crippen molar-refractivity contribution in [1.29, 1.82) is 0 Å². The van der Waals surface area contributed by atoms with Crippen LogP contribution in [-0.2, 0) is 15.9 Å². The summed E-state index contributed by atoms with van der Waals surface area (Å²) >= 11 is 0. The van der Waals surface area contributed by atoms with Crippen molar-refractivity contribution in [2.75, 3.05) is 13.1 Å². The van der Waals surface area contributed by atoms with E-state index >= 15 is 0 Å². The Morgan fingerprint density at radius 2 is 2.00 bits per heavy atom. The summed E-state index contributed by atoms with van der Waals surface area (Å²) in [5.74, 6) is -0.619. The summed E-state index contributed by atoms with van der Waals surface area (Å²) in [6.07, 6.45) is 1.11. The van der Waals surface area contributed by atoms with Crippen LogP contribution in [0.5, 0.6) is 0 Å². The number of benzene rings is 1. The molecule has 3 fully saturated rings. The second-order valence-corrected chi connectivity index (χ2v) is 9.38. The molecule has 0 saturated heterocycles. The van der Waals surface area contributed by atoms with Gasteiger partial charge in [-0.2, -0.15) is 0 Å². The van der Waals surface area contributed by atoms with E-state index in [2.05, 4.69) is 5.32 Å². The van der Waals surface area contributed by atoms with Gasteiger partial charge in [0.1, 0.15) is 11.8 Å². The maximum atomic E-state index is 14.5. The molecule has 2 amide bonds. The van der Waals surface area contributed by atoms with Crippen molar-refractivity contribution in [2.45, 2.75) is 67.9 Å². The zero-order valence-electron chi connectivity index (χ0n) is 15.8. The van der Waals surface area contributed by atoms with Crippen LogP contribution in [0.2, 0.25) is 0 Å². The molecule has 150 valence electrons. The molecule has 2 N–H and O–H groups in total. The standard InChI is InChI=1S/C21H24F2N2O3/c1-19(28)7-13(8-19)24-17(26)10-25-11-20(9-16(20)22)15-6-12(21(23)4-5-21)2-3-14(15)18(25)27/h2-3,6,13,16,28H,4-5,7-11H2,1H3,(H,24,26)/t13?,16-,19?,20-/m0/s1. The SMILES string of the molecule is CC1(O)CC(NC(=O)CN2C[C@@]3(C[C@@H]3F)c3cc(C4(F)CC4)ccc3C2=O)C1. The third-order valence-corrected chi connectivity index (χ3v) is 6.81. The highest BCUT2D eigenvalue weighted by molar-refractivity contribution is 6.00. The summed E-state index contributed by atoms with van der Waals surface area (Å²) in [5, 5.41) is 12.6. The predicted octanol–water partition coefficient (Wildman–Crippen LogP) is 2.11. The smallest absolute Gasteiger partial charge is 0.254 e. The zero-order valence-corrected chi connectivity index (χ0v) is 15.8. The number of carbonyl (C=O) groups is 2. The number of carbonyl (C=O) groups excluding carboxylic acids is 2. The van der Waals surface area contributed by atoms with E-state index in [1.807, 2.05) is 0 Å². The van der Waals surface area contributed by atoms with Crippen molar-refractivity contribution in [3.05, 3.63) is 34.9 Å². The molecule has 2 atom stereocenters. The Hall–Kier alpha value is -2.02. The van der Waals surface area contributed by atoms with Gasteiger partial charge in [-0.15, -0.1) is 0 Å². The largest absolute Gasteiger partial charge is 0.390 e. The number of hydrogen-bond acceptors (Lipinski definition) is 3. The minimum Gasteiger partial charge on any atom is -0.390 e. The molecule has 0 radical (unpaired) electrons. The first-order chi connectivity index (χ1) is 13.1. The average Bonchev–Trinajstić information content (AvgIpc) is 3.49. The van der Waals surface area contributed by atoms with E-state index in [-0.39, 0.29) is 30.9 Å². The molecule has 7 heteroatoms. The van der Waals surface area contributed by atoms with Gasteiger partial charge < -0.3 is 15.3 Å². The van der Waals surface area contributed by atoms with Crippen molar-refractivity contribution in [3.8, 4) is 0 Å². The van der Waals surface area contributed by atoms with Gasteiger partial charge in [0.25, 0.3) is 5.91 Å². The Labute approximate surface area is 162 Å². The van der Waals surface area contributed by atoms with Crippen molar-refractivity contribution in [3.63, 3.8) is 0 Å². The fourth-order valence-electron chi connectivity index (χ4n) is 4.87. The van der Waals surface area contributed by atoms with E-state index < -0.39 is 22.9 Å². The molecular formula is C21H24F2N2O3. The molecule has 0 unspecified atom stereocenters. The molecule has 1 heterocycles. The number of halogens is 2. The molecule has 0 bridgehead atoms. The third-order valence-electron chi connectivity index (χ3n) is 6.81. The van der Waals surface area contributed by atoms with Crippen molar-refractivity contribution in [2.24, 2.45) is 0 Å². The lowest BCUT2D eigenvalue weighted by Gasteiger charge is -2.41. The molecule has 3 aliphatic carbocycles. The number of fused-ring (bicyclic) bond motifs is 2. The average molecular weight is 390 g/mol. The molecule has 28 heavy (non-hydrogen) atoms. The van der Waals surface area contributed by atoms with Crippen LogP contribution in [0.25, 0.3) is 0 Å². The first-order valence-electron chi connectivity index (χ1n) is 9.91. The van der Waals surface area contributed by atoms with Crippen molar-refractivity contribution < 1.29 is 23.5 Å². The summed E-state index contributed by atoms with van der Waals surface area (Å²) in [6.45, 7) is 1.72. The Morgan fingerprint density at radius 3 is 2.57 bits per heavy atom. The number of rotatable bonds is 4. The van der Waals surface area contributed by atoms with E-state index in [0.29, 0.717) is 48.8 Å². The highest BCUT2D eigenvalue weighted by Crippen LogP contribution is 2.57. The molecule has 1 aromatic carbocycles. The topological polar surface area (TPSA) is 69.6 Å². The van der Waals surface area contributed by atoms with Gasteiger partial charge in [-0.1, -0.05) is 12.1 Å². The van der Waals surface area contributed by atoms with Crippen LogP contribution in [0.15, 0.2) is 18.2 Å². The first-order valence-corrected chi connectivity index (χ1v) is 9.91. The fourth-order valence-corrected chi connectivity index (χ4v) is 4.87. The third kappa shape index (κ3) is 2.74. The number of nitrogens with one attached hydrogen (secondary N) is 1. The van der Waals surface area contributed by atoms with Gasteiger partial charge in [0.2, 0.25) is 5.91 Å². The second kappa shape index (κ2) is 5.53. The molecule has 1 aliphatic heterocycles. The zero-order chi connectivity index (χ0) is 19.9. The normalized spacial score (nSPS) is 37.3. The lowest BCUT2D eigenvalue weighted by molar-refractivity contribution is -0.125. The van der Waals surface area contributed by atoms with Crippen LogP contribution in [0.4, 0.5) is 8.78 Å². The molecule has 4 aliphatic rings. The highest BCUT2D eigenvalue weighted by atomic mass is 19.1. The van der Waals surface area contributed by atoms with E-state index in [4.69, 9.17) is 0 Å². The van der Waals surface area contributed by atoms with Gasteiger partial charge in [0.15, 0.2) is 0 Å². The molecular weight excluding hydrogens is 366 g/mol. The first kappa shape index (κ1) is 18.0. The number of aliphatic hydroxyl groups is 1. The van der Waals surface area contributed by atoms with Gasteiger partial charge >= 0.3 is 0 Å². The number of nitrogens with zero attached hydrogens (tertiary/aromatic N) is 1. The second-order valence-electron chi connectivity index (χ2n) is 9.38. The van der Waals surface area contributed by atoms with Crippen molar-refractivity contribution >= 4 is 11.8 Å². The van der Waals surface area contributed by atoms with Crippen molar-refractivity contribution in [1.82, 2.24) is 10.2 Å². The van der Waals surface area contributed by atoms with Crippen LogP contribution >= 0.6 is 0 Å². The Balaban J connectivity index is 1.35. The van der Waals surface area contributed by atoms with E-state index in [1.165, 1.54) is 4.90 Å². The van der Waals surface area contributed by atoms with Gasteiger partial charge in [-0.25, -0.2) is 8.78 Å². The van der Waals surface area contributed by atoms with Crippen LogP contribution in [0.1, 0.15) is 60.5 Å². The van der Waals surface area contributed by atoms with Gasteiger partial charge in [0.05, 0.1) is 12.1 Å². The summed E-state index contributed by atoms with van der Waals surface area (Å²) in [4.78, 5) is 26.7. The summed E-state index contributed by atoms with van der Waals surface area (Å²) < 4.78 is 28.9. The molecule has 5 rings (SSSR count). The van der Waals surface area contributed by atoms with Gasteiger partial charge in [0, 0.05) is 23.6 Å². The molecule has 0 aromatic heterocycles. The summed E-state index contributed by atoms with van der Waals surface area (Å²) in [6, 6.07) is 4.79. The lowest BCUT2D eigenvalue weighted by Crippen LogP contribution is -2.56. The minimum atomic E-state index is -1.33. The van der Waals surface area contributed by atoms with E-state index in [0.717, 1.165) is 0 Å². The van der Waals surface area contributed by atoms with Crippen LogP contribution in [0, 0.1) is 0 Å². The number of amides is 2. The van der Waals surface area contributed by atoms with E-state index in [9.17, 15) is 23.5 Å². The maximum absolute atomic E-state index is 14.5. The highest BCUT2D eigenvalue weighted by Gasteiger charge is 2.61. The van der Waals surface area contributed by atoms with Gasteiger partial charge in [-0.05, 0) is 56.2 Å². The number of alkyl halides is 2. The molecule has 5 nitrogen and oxygen atoms in total. The fraction of sp³-hybridized carbons (Fsp3) is 0.619. The lowest BCUT2D eigenvalue weighted by atomic mass is 9.77. The van der Waals surface area contributed by atoms with Gasteiger partial charge in [-0.3, -0.25) is 9.59 Å². The van der Waals surface area contributed by atoms with Crippen LogP contribution in [-0.4, -0.2) is 52.7 Å². The Bertz CT molecular complexity index is 874. The number of hydrogen-bond donors (Lipinski definition) is 2. The van der Waals surface area contributed by atoms with Crippen LogP contribution in [0.3, 0.4) is 0 Å². The molecule has 1 spiro atoms. The summed E-state index contributed by atoms with van der Waals surface area (Å²) in [5.41, 5.74) is -1.39. The Kier molecular flexibility index (Phi) is 3.56. The summed E-state index contributed by atoms with van der Waals surface area (Å²) in [7, 11) is 0. The van der Waals surface area contributed by atoms with E-state index in [1.54, 1.807) is 25.1 Å². The monoisotopic (exact) mass is 390 g/mol. The van der Waals surface area contributed by atoms with Crippen LogP contribution < -0.4 is 5.32 Å².